The van der Waals surface area contributed by atoms with Crippen LogP contribution in [0.3, 0.4) is 0 Å². The zero-order valence-electron chi connectivity index (χ0n) is 11.6. The number of alkyl halides is 3. The summed E-state index contributed by atoms with van der Waals surface area (Å²) in [5, 5.41) is 0. The fourth-order valence-corrected chi connectivity index (χ4v) is 2.06. The third-order valence-corrected chi connectivity index (χ3v) is 3.40. The minimum Gasteiger partial charge on any atom is -0.342 e. The summed E-state index contributed by atoms with van der Waals surface area (Å²) >= 11 is 3.00. The molecule has 1 aromatic carbocycles. The van der Waals surface area contributed by atoms with E-state index >= 15 is 0 Å². The Morgan fingerprint density at radius 2 is 1.95 bits per heavy atom. The molecular formula is C14H17BrF3NO. The average Bonchev–Trinajstić information content (AvgIpc) is 2.33. The van der Waals surface area contributed by atoms with Crippen molar-refractivity contribution in [3.8, 4) is 0 Å². The van der Waals surface area contributed by atoms with Gasteiger partial charge in [0.05, 0.1) is 11.1 Å². The highest BCUT2D eigenvalue weighted by molar-refractivity contribution is 9.10. The molecule has 1 aromatic rings. The smallest absolute Gasteiger partial charge is 0.342 e. The van der Waals surface area contributed by atoms with Gasteiger partial charge in [-0.25, -0.2) is 0 Å². The largest absolute Gasteiger partial charge is 0.417 e. The molecule has 0 aliphatic carbocycles. The highest BCUT2D eigenvalue weighted by atomic mass is 79.9. The number of carbonyl (C=O) groups excluding carboxylic acids is 1. The summed E-state index contributed by atoms with van der Waals surface area (Å²) in [6.07, 6.45) is -3.80. The molecule has 0 aromatic heterocycles. The summed E-state index contributed by atoms with van der Waals surface area (Å²) in [5.74, 6) is -0.220. The molecule has 1 rings (SSSR count). The van der Waals surface area contributed by atoms with Gasteiger partial charge in [-0.15, -0.1) is 0 Å². The third-order valence-electron chi connectivity index (χ3n) is 2.91. The summed E-state index contributed by atoms with van der Waals surface area (Å²) in [5.41, 5.74) is -1.22. The summed E-state index contributed by atoms with van der Waals surface area (Å²) in [6, 6.07) is 3.59. The lowest BCUT2D eigenvalue weighted by molar-refractivity contribution is -0.138. The van der Waals surface area contributed by atoms with Crippen molar-refractivity contribution in [1.82, 2.24) is 4.90 Å². The fraction of sp³-hybridized carbons (Fsp3) is 0.500. The maximum absolute atomic E-state index is 13.0. The lowest BCUT2D eigenvalue weighted by Crippen LogP contribution is -2.30. The Balaban J connectivity index is 3.04. The molecule has 0 spiro atoms. The third kappa shape index (κ3) is 4.51. The topological polar surface area (TPSA) is 20.3 Å². The second kappa shape index (κ2) is 6.61. The Morgan fingerprint density at radius 3 is 2.45 bits per heavy atom. The van der Waals surface area contributed by atoms with E-state index in [-0.39, 0.29) is 5.56 Å². The van der Waals surface area contributed by atoms with E-state index in [0.717, 1.165) is 12.5 Å². The molecule has 0 saturated heterocycles. The van der Waals surface area contributed by atoms with Gasteiger partial charge in [-0.05, 0) is 30.5 Å². The first-order valence-electron chi connectivity index (χ1n) is 6.25. The predicted octanol–water partition coefficient (Wildman–Crippen LogP) is 4.59. The summed E-state index contributed by atoms with van der Waals surface area (Å²) in [7, 11) is 1.52. The number of rotatable bonds is 4. The van der Waals surface area contributed by atoms with E-state index in [0.29, 0.717) is 16.9 Å². The van der Waals surface area contributed by atoms with Crippen LogP contribution in [0.5, 0.6) is 0 Å². The molecule has 0 saturated carbocycles. The minimum atomic E-state index is -4.55. The van der Waals surface area contributed by atoms with Gasteiger partial charge in [-0.3, -0.25) is 4.79 Å². The van der Waals surface area contributed by atoms with Gasteiger partial charge in [0, 0.05) is 18.1 Å². The molecule has 6 heteroatoms. The number of nitrogens with zero attached hydrogens (tertiary/aromatic N) is 1. The number of hydrogen-bond acceptors (Lipinski definition) is 1. The van der Waals surface area contributed by atoms with Crippen LogP contribution in [0, 0.1) is 5.92 Å². The van der Waals surface area contributed by atoms with Crippen molar-refractivity contribution in [3.05, 3.63) is 33.8 Å². The van der Waals surface area contributed by atoms with Crippen LogP contribution in [0.25, 0.3) is 0 Å². The van der Waals surface area contributed by atoms with Crippen LogP contribution >= 0.6 is 15.9 Å². The highest BCUT2D eigenvalue weighted by Crippen LogP contribution is 2.34. The summed E-state index contributed by atoms with van der Waals surface area (Å²) < 4.78 is 39.2. The number of amides is 1. The predicted molar refractivity (Wildman–Crippen MR) is 75.6 cm³/mol. The normalized spacial score (nSPS) is 11.8. The van der Waals surface area contributed by atoms with Gasteiger partial charge < -0.3 is 4.90 Å². The molecular weight excluding hydrogens is 335 g/mol. The number of carbonyl (C=O) groups is 1. The van der Waals surface area contributed by atoms with Crippen molar-refractivity contribution in [1.29, 1.82) is 0 Å². The molecule has 1 amide bonds. The van der Waals surface area contributed by atoms with E-state index in [2.05, 4.69) is 15.9 Å². The molecule has 0 atom stereocenters. The van der Waals surface area contributed by atoms with Crippen molar-refractivity contribution >= 4 is 21.8 Å². The van der Waals surface area contributed by atoms with E-state index in [1.165, 1.54) is 24.1 Å². The van der Waals surface area contributed by atoms with Gasteiger partial charge >= 0.3 is 6.18 Å². The van der Waals surface area contributed by atoms with Crippen molar-refractivity contribution in [3.63, 3.8) is 0 Å². The molecule has 0 N–H and O–H groups in total. The van der Waals surface area contributed by atoms with Crippen LogP contribution in [-0.4, -0.2) is 24.4 Å². The zero-order chi connectivity index (χ0) is 15.5. The standard InChI is InChI=1S/C14H17BrF3NO/c1-9(2)6-7-19(3)13(20)11-5-4-10(15)8-12(11)14(16,17)18/h4-5,8-9H,6-7H2,1-3H3. The Labute approximate surface area is 125 Å². The maximum atomic E-state index is 13.0. The van der Waals surface area contributed by atoms with Crippen LogP contribution in [-0.2, 0) is 6.18 Å². The van der Waals surface area contributed by atoms with Gasteiger partial charge in [0.2, 0.25) is 0 Å². The lowest BCUT2D eigenvalue weighted by Gasteiger charge is -2.21. The Kier molecular flexibility index (Phi) is 5.62. The molecule has 0 unspecified atom stereocenters. The van der Waals surface area contributed by atoms with Crippen LogP contribution in [0.2, 0.25) is 0 Å². The second-order valence-electron chi connectivity index (χ2n) is 5.10. The Bertz CT molecular complexity index is 486. The van der Waals surface area contributed by atoms with Crippen LogP contribution in [0.4, 0.5) is 13.2 Å². The SMILES string of the molecule is CC(C)CCN(C)C(=O)c1ccc(Br)cc1C(F)(F)F. The second-order valence-corrected chi connectivity index (χ2v) is 6.01. The number of halogens is 4. The van der Waals surface area contributed by atoms with Crippen LogP contribution in [0.1, 0.15) is 36.2 Å². The lowest BCUT2D eigenvalue weighted by atomic mass is 10.1. The monoisotopic (exact) mass is 351 g/mol. The van der Waals surface area contributed by atoms with Gasteiger partial charge in [0.15, 0.2) is 0 Å². The maximum Gasteiger partial charge on any atom is 0.417 e. The summed E-state index contributed by atoms with van der Waals surface area (Å²) in [4.78, 5) is 13.5. The van der Waals surface area contributed by atoms with Crippen molar-refractivity contribution in [2.24, 2.45) is 5.92 Å². The Morgan fingerprint density at radius 1 is 1.35 bits per heavy atom. The molecule has 2 nitrogen and oxygen atoms in total. The van der Waals surface area contributed by atoms with Gasteiger partial charge in [-0.2, -0.15) is 13.2 Å². The van der Waals surface area contributed by atoms with Crippen LogP contribution in [0.15, 0.2) is 22.7 Å². The van der Waals surface area contributed by atoms with E-state index in [9.17, 15) is 18.0 Å². The first-order chi connectivity index (χ1) is 9.12. The van der Waals surface area contributed by atoms with Gasteiger partial charge in [-0.1, -0.05) is 29.8 Å². The van der Waals surface area contributed by atoms with E-state index in [1.807, 2.05) is 13.8 Å². The molecule has 0 fully saturated rings. The van der Waals surface area contributed by atoms with Crippen molar-refractivity contribution < 1.29 is 18.0 Å². The molecule has 0 radical (unpaired) electrons. The van der Waals surface area contributed by atoms with E-state index in [1.54, 1.807) is 0 Å². The Hall–Kier alpha value is -1.04. The zero-order valence-corrected chi connectivity index (χ0v) is 13.2. The average molecular weight is 352 g/mol. The van der Waals surface area contributed by atoms with Crippen LogP contribution < -0.4 is 0 Å². The molecule has 0 bridgehead atoms. The first kappa shape index (κ1) is 17.0. The first-order valence-corrected chi connectivity index (χ1v) is 7.04. The number of benzene rings is 1. The molecule has 0 aliphatic rings. The van der Waals surface area contributed by atoms with E-state index in [4.69, 9.17) is 0 Å². The highest BCUT2D eigenvalue weighted by Gasteiger charge is 2.36. The van der Waals surface area contributed by atoms with Gasteiger partial charge in [0.25, 0.3) is 5.91 Å². The van der Waals surface area contributed by atoms with Gasteiger partial charge in [0.1, 0.15) is 0 Å². The van der Waals surface area contributed by atoms with E-state index < -0.39 is 17.6 Å². The molecule has 112 valence electrons. The fourth-order valence-electron chi connectivity index (χ4n) is 1.70. The van der Waals surface area contributed by atoms with Crippen molar-refractivity contribution in [2.75, 3.05) is 13.6 Å². The summed E-state index contributed by atoms with van der Waals surface area (Å²) in [6.45, 7) is 4.43. The quantitative estimate of drug-likeness (QED) is 0.776. The molecule has 0 aliphatic heterocycles. The van der Waals surface area contributed by atoms with Crippen molar-refractivity contribution in [2.45, 2.75) is 26.4 Å². The molecule has 0 heterocycles. The minimum absolute atomic E-state index is 0.297. The molecule has 20 heavy (non-hydrogen) atoms. The number of hydrogen-bond donors (Lipinski definition) is 0.